The van der Waals surface area contributed by atoms with Gasteiger partial charge in [-0.3, -0.25) is 0 Å². The van der Waals surface area contributed by atoms with E-state index in [0.29, 0.717) is 12.1 Å². The molecule has 0 aliphatic rings. The highest BCUT2D eigenvalue weighted by Crippen LogP contribution is 2.15. The summed E-state index contributed by atoms with van der Waals surface area (Å²) in [6, 6.07) is 10.1. The van der Waals surface area contributed by atoms with Gasteiger partial charge >= 0.3 is 5.97 Å². The summed E-state index contributed by atoms with van der Waals surface area (Å²) >= 11 is 0. The minimum atomic E-state index is -1.29. The van der Waals surface area contributed by atoms with Crippen LogP contribution in [-0.4, -0.2) is 11.1 Å². The lowest BCUT2D eigenvalue weighted by Crippen LogP contribution is -2.18. The maximum absolute atomic E-state index is 13.5. The molecule has 0 aliphatic carbocycles. The summed E-state index contributed by atoms with van der Waals surface area (Å²) in [5.74, 6) is -2.36. The molecule has 2 aromatic carbocycles. The summed E-state index contributed by atoms with van der Waals surface area (Å²) in [5.41, 5.74) is 1.07. The average molecular weight is 291 g/mol. The first-order chi connectivity index (χ1) is 9.97. The van der Waals surface area contributed by atoms with E-state index in [9.17, 15) is 13.6 Å². The summed E-state index contributed by atoms with van der Waals surface area (Å²) in [4.78, 5) is 10.7. The van der Waals surface area contributed by atoms with Gasteiger partial charge < -0.3 is 10.4 Å². The van der Waals surface area contributed by atoms with Gasteiger partial charge in [0, 0.05) is 12.6 Å². The third-order valence-corrected chi connectivity index (χ3v) is 3.22. The molecule has 0 aliphatic heterocycles. The maximum Gasteiger partial charge on any atom is 0.338 e. The van der Waals surface area contributed by atoms with E-state index in [1.807, 2.05) is 6.92 Å². The van der Waals surface area contributed by atoms with Crippen molar-refractivity contribution in [2.75, 3.05) is 0 Å². The van der Waals surface area contributed by atoms with Crippen LogP contribution in [0.1, 0.15) is 34.5 Å². The van der Waals surface area contributed by atoms with Gasteiger partial charge in [0.05, 0.1) is 5.56 Å². The van der Waals surface area contributed by atoms with Crippen molar-refractivity contribution in [1.82, 2.24) is 5.32 Å². The molecule has 0 saturated carbocycles. The van der Waals surface area contributed by atoms with Gasteiger partial charge in [0.1, 0.15) is 11.6 Å². The number of nitrogens with one attached hydrogen (secondary N) is 1. The van der Waals surface area contributed by atoms with Crippen molar-refractivity contribution in [3.05, 3.63) is 70.8 Å². The Bertz CT molecular complexity index is 658. The Hall–Kier alpha value is -2.27. The molecule has 1 atom stereocenters. The van der Waals surface area contributed by atoms with Crippen LogP contribution in [0.4, 0.5) is 8.78 Å². The van der Waals surface area contributed by atoms with Gasteiger partial charge in [-0.15, -0.1) is 0 Å². The number of carboxylic acids is 1. The smallest absolute Gasteiger partial charge is 0.338 e. The average Bonchev–Trinajstić information content (AvgIpc) is 2.44. The predicted octanol–water partition coefficient (Wildman–Crippen LogP) is 3.51. The van der Waals surface area contributed by atoms with Crippen molar-refractivity contribution in [3.8, 4) is 0 Å². The Morgan fingerprint density at radius 2 is 2.00 bits per heavy atom. The van der Waals surface area contributed by atoms with Crippen LogP contribution in [0.15, 0.2) is 42.5 Å². The summed E-state index contributed by atoms with van der Waals surface area (Å²) < 4.78 is 26.7. The van der Waals surface area contributed by atoms with Crippen LogP contribution in [0, 0.1) is 11.6 Å². The van der Waals surface area contributed by atoms with Crippen molar-refractivity contribution in [1.29, 1.82) is 0 Å². The molecule has 0 saturated heterocycles. The summed E-state index contributed by atoms with van der Waals surface area (Å²) in [7, 11) is 0. The number of benzene rings is 2. The Morgan fingerprint density at radius 3 is 2.62 bits per heavy atom. The van der Waals surface area contributed by atoms with Crippen LogP contribution < -0.4 is 5.32 Å². The first kappa shape index (κ1) is 15.1. The Labute approximate surface area is 121 Å². The molecule has 0 radical (unpaired) electrons. The zero-order valence-corrected chi connectivity index (χ0v) is 11.4. The third-order valence-electron chi connectivity index (χ3n) is 3.22. The van der Waals surface area contributed by atoms with Gasteiger partial charge in [-0.05, 0) is 42.3 Å². The van der Waals surface area contributed by atoms with E-state index < -0.39 is 11.8 Å². The van der Waals surface area contributed by atoms with E-state index in [4.69, 9.17) is 5.11 Å². The highest BCUT2D eigenvalue weighted by Gasteiger charge is 2.11. The second kappa shape index (κ2) is 6.45. The van der Waals surface area contributed by atoms with Gasteiger partial charge in [0.25, 0.3) is 0 Å². The number of hydrogen-bond donors (Lipinski definition) is 2. The van der Waals surface area contributed by atoms with Crippen LogP contribution in [0.5, 0.6) is 0 Å². The summed E-state index contributed by atoms with van der Waals surface area (Å²) in [6.45, 7) is 2.23. The molecule has 0 unspecified atom stereocenters. The van der Waals surface area contributed by atoms with Crippen molar-refractivity contribution in [2.45, 2.75) is 19.5 Å². The van der Waals surface area contributed by atoms with Crippen LogP contribution in [0.3, 0.4) is 0 Å². The van der Waals surface area contributed by atoms with E-state index in [-0.39, 0.29) is 17.4 Å². The molecule has 0 bridgehead atoms. The second-order valence-corrected chi connectivity index (χ2v) is 4.78. The molecule has 0 spiro atoms. The molecule has 0 amide bonds. The van der Waals surface area contributed by atoms with Crippen LogP contribution in [-0.2, 0) is 6.54 Å². The van der Waals surface area contributed by atoms with Crippen molar-refractivity contribution < 1.29 is 18.7 Å². The minimum absolute atomic E-state index is 0.108. The monoisotopic (exact) mass is 291 g/mol. The lowest BCUT2D eigenvalue weighted by Gasteiger charge is -2.14. The number of carboxylic acid groups (broad SMARTS) is 1. The largest absolute Gasteiger partial charge is 0.478 e. The fraction of sp³-hybridized carbons (Fsp3) is 0.188. The minimum Gasteiger partial charge on any atom is -0.478 e. The first-order valence-electron chi connectivity index (χ1n) is 6.48. The van der Waals surface area contributed by atoms with E-state index in [1.165, 1.54) is 24.3 Å². The van der Waals surface area contributed by atoms with Gasteiger partial charge in [-0.2, -0.15) is 0 Å². The number of carbonyl (C=O) groups is 1. The van der Waals surface area contributed by atoms with Crippen LogP contribution >= 0.6 is 0 Å². The highest BCUT2D eigenvalue weighted by atomic mass is 19.1. The van der Waals surface area contributed by atoms with E-state index in [0.717, 1.165) is 5.56 Å². The normalized spacial score (nSPS) is 12.1. The van der Waals surface area contributed by atoms with E-state index in [1.54, 1.807) is 18.2 Å². The van der Waals surface area contributed by atoms with Crippen molar-refractivity contribution in [3.63, 3.8) is 0 Å². The number of aromatic carboxylic acids is 1. The summed E-state index contributed by atoms with van der Waals surface area (Å²) in [6.07, 6.45) is 0. The predicted molar refractivity (Wildman–Crippen MR) is 75.0 cm³/mol. The molecule has 0 aromatic heterocycles. The number of halogens is 2. The van der Waals surface area contributed by atoms with Crippen LogP contribution in [0.25, 0.3) is 0 Å². The lowest BCUT2D eigenvalue weighted by molar-refractivity contribution is 0.0692. The molecule has 0 fully saturated rings. The Kier molecular flexibility index (Phi) is 4.65. The SMILES string of the molecule is C[C@H](NCc1ccc(C(=O)O)c(F)c1)c1cccc(F)c1. The van der Waals surface area contributed by atoms with Crippen molar-refractivity contribution in [2.24, 2.45) is 0 Å². The second-order valence-electron chi connectivity index (χ2n) is 4.78. The van der Waals surface area contributed by atoms with Crippen molar-refractivity contribution >= 4 is 5.97 Å². The van der Waals surface area contributed by atoms with Gasteiger partial charge in [0.2, 0.25) is 0 Å². The molecule has 2 N–H and O–H groups in total. The maximum atomic E-state index is 13.5. The molecule has 5 heteroatoms. The topological polar surface area (TPSA) is 49.3 Å². The zero-order chi connectivity index (χ0) is 15.4. The molecule has 21 heavy (non-hydrogen) atoms. The highest BCUT2D eigenvalue weighted by molar-refractivity contribution is 5.87. The molecule has 0 heterocycles. The van der Waals surface area contributed by atoms with E-state index in [2.05, 4.69) is 5.32 Å². The Balaban J connectivity index is 2.03. The fourth-order valence-corrected chi connectivity index (χ4v) is 2.01. The van der Waals surface area contributed by atoms with Crippen LogP contribution in [0.2, 0.25) is 0 Å². The Morgan fingerprint density at radius 1 is 1.24 bits per heavy atom. The number of hydrogen-bond acceptors (Lipinski definition) is 2. The first-order valence-corrected chi connectivity index (χ1v) is 6.48. The number of rotatable bonds is 5. The summed E-state index contributed by atoms with van der Waals surface area (Å²) in [5, 5.41) is 11.9. The van der Waals surface area contributed by atoms with E-state index >= 15 is 0 Å². The third kappa shape index (κ3) is 3.86. The van der Waals surface area contributed by atoms with Gasteiger partial charge in [0.15, 0.2) is 0 Å². The van der Waals surface area contributed by atoms with Gasteiger partial charge in [-0.1, -0.05) is 18.2 Å². The standard InChI is InChI=1S/C16H15F2NO2/c1-10(12-3-2-4-13(17)8-12)19-9-11-5-6-14(16(20)21)15(18)7-11/h2-8,10,19H,9H2,1H3,(H,20,21)/t10-/m0/s1. The fourth-order valence-electron chi connectivity index (χ4n) is 2.01. The molecule has 3 nitrogen and oxygen atoms in total. The van der Waals surface area contributed by atoms with Gasteiger partial charge in [-0.25, -0.2) is 13.6 Å². The zero-order valence-electron chi connectivity index (χ0n) is 11.4. The molecule has 2 rings (SSSR count). The molecular formula is C16H15F2NO2. The quantitative estimate of drug-likeness (QED) is 0.886. The molecular weight excluding hydrogens is 276 g/mol. The lowest BCUT2D eigenvalue weighted by atomic mass is 10.1. The molecule has 2 aromatic rings. The molecule has 110 valence electrons.